The highest BCUT2D eigenvalue weighted by atomic mass is 16.2. The smallest absolute Gasteiger partial charge is 0.245 e. The maximum Gasteiger partial charge on any atom is 0.245 e. The first-order valence-electron chi connectivity index (χ1n) is 14.8. The third kappa shape index (κ3) is 6.89. The maximum atomic E-state index is 11.9. The van der Waals surface area contributed by atoms with Crippen LogP contribution >= 0.6 is 0 Å². The molecule has 35 heavy (non-hydrogen) atoms. The van der Waals surface area contributed by atoms with E-state index in [4.69, 9.17) is 0 Å². The van der Waals surface area contributed by atoms with Crippen molar-refractivity contribution in [1.29, 1.82) is 0 Å². The van der Waals surface area contributed by atoms with Gasteiger partial charge in [0.2, 0.25) is 5.91 Å². The van der Waals surface area contributed by atoms with Crippen molar-refractivity contribution in [2.75, 3.05) is 7.05 Å². The van der Waals surface area contributed by atoms with Crippen LogP contribution in [-0.4, -0.2) is 23.9 Å². The van der Waals surface area contributed by atoms with Crippen LogP contribution in [0.3, 0.4) is 0 Å². The lowest BCUT2D eigenvalue weighted by molar-refractivity contribution is -0.127. The second-order valence-electron chi connectivity index (χ2n) is 11.8. The molecular formula is C33H49NO. The SMILES string of the molecule is C=CC(=O)N(C)C1CCC(c2ccc(C3=CCC(C4CCC(CCCCC)CC4)CC3)cc2)CC1. The summed E-state index contributed by atoms with van der Waals surface area (Å²) in [5, 5.41) is 0. The van der Waals surface area contributed by atoms with E-state index < -0.39 is 0 Å². The molecule has 0 N–H and O–H groups in total. The third-order valence-corrected chi connectivity index (χ3v) is 9.75. The van der Waals surface area contributed by atoms with E-state index in [1.165, 1.54) is 101 Å². The summed E-state index contributed by atoms with van der Waals surface area (Å²) in [7, 11) is 1.92. The lowest BCUT2D eigenvalue weighted by atomic mass is 9.70. The molecule has 0 aromatic heterocycles. The highest BCUT2D eigenvalue weighted by Gasteiger charge is 2.29. The van der Waals surface area contributed by atoms with Crippen molar-refractivity contribution in [1.82, 2.24) is 4.90 Å². The first-order valence-corrected chi connectivity index (χ1v) is 14.8. The van der Waals surface area contributed by atoms with Crippen LogP contribution in [0.5, 0.6) is 0 Å². The number of hydrogen-bond acceptors (Lipinski definition) is 1. The fourth-order valence-corrected chi connectivity index (χ4v) is 7.27. The second kappa shape index (κ2) is 12.9. The Morgan fingerprint density at radius 2 is 1.66 bits per heavy atom. The van der Waals surface area contributed by atoms with Crippen molar-refractivity contribution in [3.63, 3.8) is 0 Å². The number of allylic oxidation sites excluding steroid dienone is 2. The Morgan fingerprint density at radius 3 is 2.26 bits per heavy atom. The summed E-state index contributed by atoms with van der Waals surface area (Å²) in [5.41, 5.74) is 4.50. The molecule has 1 atom stereocenters. The normalized spacial score (nSPS) is 29.3. The van der Waals surface area contributed by atoms with Gasteiger partial charge in [0.05, 0.1) is 0 Å². The molecule has 1 unspecified atom stereocenters. The van der Waals surface area contributed by atoms with E-state index in [1.54, 1.807) is 5.57 Å². The quantitative estimate of drug-likeness (QED) is 0.258. The first kappa shape index (κ1) is 26.2. The lowest BCUT2D eigenvalue weighted by Gasteiger charge is -2.35. The number of carbonyl (C=O) groups is 1. The van der Waals surface area contributed by atoms with E-state index in [9.17, 15) is 4.79 Å². The summed E-state index contributed by atoms with van der Waals surface area (Å²) in [5.74, 6) is 3.62. The number of hydrogen-bond donors (Lipinski definition) is 0. The van der Waals surface area contributed by atoms with Gasteiger partial charge in [-0.1, -0.05) is 82.4 Å². The summed E-state index contributed by atoms with van der Waals surface area (Å²) in [6.45, 7) is 5.95. The van der Waals surface area contributed by atoms with Crippen LogP contribution < -0.4 is 0 Å². The molecule has 0 bridgehead atoms. The van der Waals surface area contributed by atoms with Gasteiger partial charge in [0.25, 0.3) is 0 Å². The van der Waals surface area contributed by atoms with Gasteiger partial charge in [0.1, 0.15) is 0 Å². The summed E-state index contributed by atoms with van der Waals surface area (Å²) in [6.07, 6.45) is 24.2. The molecule has 0 radical (unpaired) electrons. The molecule has 1 aromatic carbocycles. The predicted molar refractivity (Wildman–Crippen MR) is 149 cm³/mol. The monoisotopic (exact) mass is 475 g/mol. The first-order chi connectivity index (χ1) is 17.1. The molecule has 2 nitrogen and oxygen atoms in total. The minimum Gasteiger partial charge on any atom is -0.339 e. The van der Waals surface area contributed by atoms with Crippen molar-refractivity contribution in [3.05, 3.63) is 54.1 Å². The van der Waals surface area contributed by atoms with E-state index in [2.05, 4.69) is 43.8 Å². The van der Waals surface area contributed by atoms with Crippen molar-refractivity contribution in [2.45, 2.75) is 115 Å². The van der Waals surface area contributed by atoms with Crippen molar-refractivity contribution >= 4 is 11.5 Å². The van der Waals surface area contributed by atoms with Crippen molar-refractivity contribution in [3.8, 4) is 0 Å². The Bertz CT molecular complexity index is 836. The van der Waals surface area contributed by atoms with Gasteiger partial charge in [-0.05, 0) is 104 Å². The molecule has 0 heterocycles. The number of likely N-dealkylation sites (N-methyl/N-ethyl adjacent to an activating group) is 1. The molecule has 2 saturated carbocycles. The molecule has 2 fully saturated rings. The van der Waals surface area contributed by atoms with Gasteiger partial charge in [-0.2, -0.15) is 0 Å². The van der Waals surface area contributed by atoms with Crippen molar-refractivity contribution in [2.24, 2.45) is 17.8 Å². The fraction of sp³-hybridized carbons (Fsp3) is 0.667. The molecule has 2 heteroatoms. The standard InChI is InChI=1S/C33H49NO/c1-4-6-7-8-25-9-11-26(12-10-25)27-13-15-28(16-14-27)29-17-19-30(20-18-29)31-21-23-32(24-22-31)34(3)33(35)5-2/h5,15,17-20,25-27,31-32H,2,4,6-14,16,21-24H2,1,3H3. The summed E-state index contributed by atoms with van der Waals surface area (Å²) >= 11 is 0. The van der Waals surface area contributed by atoms with Gasteiger partial charge in [0, 0.05) is 13.1 Å². The highest BCUT2D eigenvalue weighted by Crippen LogP contribution is 2.42. The van der Waals surface area contributed by atoms with Crippen molar-refractivity contribution < 1.29 is 4.79 Å². The number of amides is 1. The van der Waals surface area contributed by atoms with E-state index in [-0.39, 0.29) is 5.91 Å². The molecule has 3 aliphatic rings. The molecule has 1 aromatic rings. The van der Waals surface area contributed by atoms with E-state index in [1.807, 2.05) is 11.9 Å². The Hall–Kier alpha value is -1.83. The van der Waals surface area contributed by atoms with Gasteiger partial charge < -0.3 is 4.90 Å². The van der Waals surface area contributed by atoms with Crippen LogP contribution in [-0.2, 0) is 4.79 Å². The van der Waals surface area contributed by atoms with Crippen LogP contribution in [0.2, 0.25) is 0 Å². The van der Waals surface area contributed by atoms with Crippen LogP contribution in [0.1, 0.15) is 120 Å². The number of rotatable bonds is 9. The molecule has 0 saturated heterocycles. The zero-order chi connectivity index (χ0) is 24.6. The zero-order valence-electron chi connectivity index (χ0n) is 22.5. The van der Waals surface area contributed by atoms with E-state index in [0.717, 1.165) is 30.6 Å². The van der Waals surface area contributed by atoms with E-state index in [0.29, 0.717) is 12.0 Å². The maximum absolute atomic E-state index is 11.9. The number of unbranched alkanes of at least 4 members (excludes halogenated alkanes) is 2. The fourth-order valence-electron chi connectivity index (χ4n) is 7.27. The highest BCUT2D eigenvalue weighted by molar-refractivity contribution is 5.87. The number of nitrogens with zero attached hydrogens (tertiary/aromatic N) is 1. The Kier molecular flexibility index (Phi) is 9.69. The minimum atomic E-state index is 0.0517. The molecule has 4 rings (SSSR count). The lowest BCUT2D eigenvalue weighted by Crippen LogP contribution is -2.38. The molecule has 0 aliphatic heterocycles. The van der Waals surface area contributed by atoms with Gasteiger partial charge in [-0.3, -0.25) is 4.79 Å². The molecular weight excluding hydrogens is 426 g/mol. The van der Waals surface area contributed by atoms with Gasteiger partial charge in [-0.15, -0.1) is 0 Å². The summed E-state index contributed by atoms with van der Waals surface area (Å²) in [6, 6.07) is 9.88. The third-order valence-electron chi connectivity index (χ3n) is 9.75. The van der Waals surface area contributed by atoms with E-state index >= 15 is 0 Å². The minimum absolute atomic E-state index is 0.0517. The van der Waals surface area contributed by atoms with Gasteiger partial charge in [-0.25, -0.2) is 0 Å². The topological polar surface area (TPSA) is 20.3 Å². The molecule has 1 amide bonds. The number of benzene rings is 1. The van der Waals surface area contributed by atoms with Gasteiger partial charge >= 0.3 is 0 Å². The molecule has 3 aliphatic carbocycles. The molecule has 0 spiro atoms. The van der Waals surface area contributed by atoms with Crippen LogP contribution in [0.25, 0.3) is 5.57 Å². The Labute approximate surface area is 215 Å². The number of carbonyl (C=O) groups excluding carboxylic acids is 1. The average Bonchev–Trinajstić information content (AvgIpc) is 2.93. The average molecular weight is 476 g/mol. The van der Waals surface area contributed by atoms with Gasteiger partial charge in [0.15, 0.2) is 0 Å². The Morgan fingerprint density at radius 1 is 0.943 bits per heavy atom. The molecule has 192 valence electrons. The summed E-state index contributed by atoms with van der Waals surface area (Å²) in [4.78, 5) is 13.8. The summed E-state index contributed by atoms with van der Waals surface area (Å²) < 4.78 is 0. The van der Waals surface area contributed by atoms with Crippen LogP contribution in [0.15, 0.2) is 43.0 Å². The largest absolute Gasteiger partial charge is 0.339 e. The Balaban J connectivity index is 1.23. The zero-order valence-corrected chi connectivity index (χ0v) is 22.5. The second-order valence-corrected chi connectivity index (χ2v) is 11.8. The van der Waals surface area contributed by atoms with Crippen LogP contribution in [0.4, 0.5) is 0 Å². The predicted octanol–water partition coefficient (Wildman–Crippen LogP) is 8.93. The van der Waals surface area contributed by atoms with Crippen LogP contribution in [0, 0.1) is 17.8 Å².